The van der Waals surface area contributed by atoms with Gasteiger partial charge >= 0.3 is 0 Å². The number of nitrogens with zero attached hydrogens (tertiary/aromatic N) is 2. The number of likely N-dealkylation sites (tertiary alicyclic amines) is 1. The molecule has 1 saturated heterocycles. The van der Waals surface area contributed by atoms with Crippen molar-refractivity contribution in [2.45, 2.75) is 19.8 Å². The van der Waals surface area contributed by atoms with E-state index in [-0.39, 0.29) is 23.4 Å². The third-order valence-corrected chi connectivity index (χ3v) is 4.85. The first kappa shape index (κ1) is 18.6. The van der Waals surface area contributed by atoms with E-state index in [2.05, 4.69) is 5.32 Å². The highest BCUT2D eigenvalue weighted by atomic mass is 16.6. The van der Waals surface area contributed by atoms with Gasteiger partial charge in [0, 0.05) is 42.4 Å². The summed E-state index contributed by atoms with van der Waals surface area (Å²) in [6.45, 7) is 2.94. The molecule has 1 aliphatic heterocycles. The van der Waals surface area contributed by atoms with Crippen LogP contribution in [0.15, 0.2) is 48.5 Å². The van der Waals surface area contributed by atoms with E-state index in [1.165, 1.54) is 18.2 Å². The first-order chi connectivity index (χ1) is 13.0. The van der Waals surface area contributed by atoms with Gasteiger partial charge in [-0.05, 0) is 37.5 Å². The van der Waals surface area contributed by atoms with Gasteiger partial charge in [0.2, 0.25) is 5.91 Å². The first-order valence-corrected chi connectivity index (χ1v) is 8.86. The minimum atomic E-state index is -0.495. The summed E-state index contributed by atoms with van der Waals surface area (Å²) in [5, 5.41) is 13.6. The summed E-state index contributed by atoms with van der Waals surface area (Å²) in [7, 11) is 0. The molecule has 2 aromatic carbocycles. The van der Waals surface area contributed by atoms with Gasteiger partial charge < -0.3 is 10.2 Å². The van der Waals surface area contributed by atoms with Gasteiger partial charge in [0.05, 0.1) is 4.92 Å². The molecule has 0 radical (unpaired) electrons. The summed E-state index contributed by atoms with van der Waals surface area (Å²) >= 11 is 0. The molecule has 0 unspecified atom stereocenters. The molecule has 1 aliphatic rings. The topological polar surface area (TPSA) is 92.6 Å². The van der Waals surface area contributed by atoms with Gasteiger partial charge in [-0.25, -0.2) is 0 Å². The monoisotopic (exact) mass is 367 g/mol. The van der Waals surface area contributed by atoms with E-state index in [0.29, 0.717) is 37.2 Å². The molecule has 1 heterocycles. The number of rotatable bonds is 4. The zero-order chi connectivity index (χ0) is 19.4. The Kier molecular flexibility index (Phi) is 5.49. The Bertz CT molecular complexity index is 873. The number of anilines is 1. The predicted molar refractivity (Wildman–Crippen MR) is 102 cm³/mol. The number of carbonyl (C=O) groups excluding carboxylic acids is 2. The number of hydrogen-bond acceptors (Lipinski definition) is 4. The number of aryl methyl sites for hydroxylation is 1. The standard InChI is InChI=1S/C20H21N3O4/c1-14-5-2-3-8-18(14)20(25)22-11-9-15(10-12-22)19(24)21-16-6-4-7-17(13-16)23(26)27/h2-8,13,15H,9-12H2,1H3,(H,21,24). The molecular weight excluding hydrogens is 346 g/mol. The normalized spacial score (nSPS) is 14.6. The molecule has 140 valence electrons. The third-order valence-electron chi connectivity index (χ3n) is 4.85. The van der Waals surface area contributed by atoms with Crippen LogP contribution in [0.4, 0.5) is 11.4 Å². The third kappa shape index (κ3) is 4.31. The summed E-state index contributed by atoms with van der Waals surface area (Å²) in [6, 6.07) is 13.4. The largest absolute Gasteiger partial charge is 0.339 e. The van der Waals surface area contributed by atoms with Crippen molar-refractivity contribution in [1.29, 1.82) is 0 Å². The molecular formula is C20H21N3O4. The summed E-state index contributed by atoms with van der Waals surface area (Å²) in [6.07, 6.45) is 1.14. The number of nitrogens with one attached hydrogen (secondary N) is 1. The second-order valence-corrected chi connectivity index (χ2v) is 6.68. The van der Waals surface area contributed by atoms with Gasteiger partial charge in [-0.2, -0.15) is 0 Å². The van der Waals surface area contributed by atoms with Crippen LogP contribution in [0.3, 0.4) is 0 Å². The average Bonchev–Trinajstić information content (AvgIpc) is 2.68. The number of piperidine rings is 1. The summed E-state index contributed by atoms with van der Waals surface area (Å²) < 4.78 is 0. The van der Waals surface area contributed by atoms with Crippen LogP contribution in [0.2, 0.25) is 0 Å². The average molecular weight is 367 g/mol. The number of non-ortho nitro benzene ring substituents is 1. The molecule has 1 N–H and O–H groups in total. The Morgan fingerprint density at radius 1 is 1.11 bits per heavy atom. The molecule has 0 spiro atoms. The lowest BCUT2D eigenvalue weighted by Crippen LogP contribution is -2.41. The quantitative estimate of drug-likeness (QED) is 0.662. The van der Waals surface area contributed by atoms with Crippen molar-refractivity contribution in [3.8, 4) is 0 Å². The van der Waals surface area contributed by atoms with Crippen LogP contribution in [-0.2, 0) is 4.79 Å². The molecule has 1 fully saturated rings. The number of benzene rings is 2. The van der Waals surface area contributed by atoms with E-state index in [0.717, 1.165) is 5.56 Å². The highest BCUT2D eigenvalue weighted by Gasteiger charge is 2.28. The van der Waals surface area contributed by atoms with Crippen molar-refractivity contribution in [2.24, 2.45) is 5.92 Å². The van der Waals surface area contributed by atoms with Gasteiger partial charge in [-0.15, -0.1) is 0 Å². The SMILES string of the molecule is Cc1ccccc1C(=O)N1CCC(C(=O)Nc2cccc([N+](=O)[O-])c2)CC1. The van der Waals surface area contributed by atoms with Gasteiger partial charge in [-0.3, -0.25) is 19.7 Å². The molecule has 0 atom stereocenters. The van der Waals surface area contributed by atoms with Gasteiger partial charge in [-0.1, -0.05) is 24.3 Å². The first-order valence-electron chi connectivity index (χ1n) is 8.86. The van der Waals surface area contributed by atoms with Gasteiger partial charge in [0.25, 0.3) is 11.6 Å². The second kappa shape index (κ2) is 7.99. The van der Waals surface area contributed by atoms with Crippen LogP contribution >= 0.6 is 0 Å². The van der Waals surface area contributed by atoms with Gasteiger partial charge in [0.15, 0.2) is 0 Å². The molecule has 7 nitrogen and oxygen atoms in total. The lowest BCUT2D eigenvalue weighted by Gasteiger charge is -2.31. The van der Waals surface area contributed by atoms with Gasteiger partial charge in [0.1, 0.15) is 0 Å². The van der Waals surface area contributed by atoms with Crippen molar-refractivity contribution in [2.75, 3.05) is 18.4 Å². The van der Waals surface area contributed by atoms with Crippen molar-refractivity contribution in [3.63, 3.8) is 0 Å². The maximum Gasteiger partial charge on any atom is 0.271 e. The van der Waals surface area contributed by atoms with Crippen molar-refractivity contribution < 1.29 is 14.5 Å². The Labute approximate surface area is 157 Å². The molecule has 0 aromatic heterocycles. The Balaban J connectivity index is 1.58. The van der Waals surface area contributed by atoms with Crippen molar-refractivity contribution in [1.82, 2.24) is 4.90 Å². The minimum absolute atomic E-state index is 0.00866. The second-order valence-electron chi connectivity index (χ2n) is 6.68. The van der Waals surface area contributed by atoms with Crippen LogP contribution < -0.4 is 5.32 Å². The molecule has 7 heteroatoms. The molecule has 27 heavy (non-hydrogen) atoms. The number of amides is 2. The number of nitro benzene ring substituents is 1. The minimum Gasteiger partial charge on any atom is -0.339 e. The lowest BCUT2D eigenvalue weighted by molar-refractivity contribution is -0.384. The van der Waals surface area contributed by atoms with Crippen LogP contribution in [0.25, 0.3) is 0 Å². The van der Waals surface area contributed by atoms with Crippen molar-refractivity contribution >= 4 is 23.2 Å². The summed E-state index contributed by atoms with van der Waals surface area (Å²) in [5.41, 5.74) is 1.98. The smallest absolute Gasteiger partial charge is 0.271 e. The Hall–Kier alpha value is -3.22. The highest BCUT2D eigenvalue weighted by Crippen LogP contribution is 2.23. The fourth-order valence-corrected chi connectivity index (χ4v) is 3.27. The molecule has 0 saturated carbocycles. The van der Waals surface area contributed by atoms with Crippen LogP contribution in [0.5, 0.6) is 0 Å². The maximum atomic E-state index is 12.7. The fraction of sp³-hybridized carbons (Fsp3) is 0.300. The van der Waals surface area contributed by atoms with E-state index in [1.54, 1.807) is 11.0 Å². The van der Waals surface area contributed by atoms with Crippen LogP contribution in [0.1, 0.15) is 28.8 Å². The molecule has 2 aromatic rings. The van der Waals surface area contributed by atoms with E-state index in [9.17, 15) is 19.7 Å². The predicted octanol–water partition coefficient (Wildman–Crippen LogP) is 3.39. The van der Waals surface area contributed by atoms with Crippen molar-refractivity contribution in [3.05, 3.63) is 69.8 Å². The number of carbonyl (C=O) groups is 2. The zero-order valence-electron chi connectivity index (χ0n) is 15.1. The van der Waals surface area contributed by atoms with Crippen LogP contribution in [-0.4, -0.2) is 34.7 Å². The number of hydrogen-bond donors (Lipinski definition) is 1. The molecule has 0 bridgehead atoms. The Morgan fingerprint density at radius 3 is 2.48 bits per heavy atom. The Morgan fingerprint density at radius 2 is 1.81 bits per heavy atom. The number of nitro groups is 1. The van der Waals surface area contributed by atoms with E-state index >= 15 is 0 Å². The zero-order valence-corrected chi connectivity index (χ0v) is 15.1. The lowest BCUT2D eigenvalue weighted by atomic mass is 9.95. The van der Waals surface area contributed by atoms with E-state index < -0.39 is 4.92 Å². The summed E-state index contributed by atoms with van der Waals surface area (Å²) in [5.74, 6) is -0.394. The highest BCUT2D eigenvalue weighted by molar-refractivity contribution is 5.96. The molecule has 3 rings (SSSR count). The van der Waals surface area contributed by atoms with E-state index in [1.807, 2.05) is 31.2 Å². The molecule has 2 amide bonds. The summed E-state index contributed by atoms with van der Waals surface area (Å²) in [4.78, 5) is 37.2. The maximum absolute atomic E-state index is 12.7. The molecule has 0 aliphatic carbocycles. The van der Waals surface area contributed by atoms with E-state index in [4.69, 9.17) is 0 Å². The van der Waals surface area contributed by atoms with Crippen LogP contribution in [0, 0.1) is 23.0 Å². The fourth-order valence-electron chi connectivity index (χ4n) is 3.27.